The molecule has 0 bridgehead atoms. The average Bonchev–Trinajstić information content (AvgIpc) is 2.40. The number of carbonyl (C=O) groups is 1. The van der Waals surface area contributed by atoms with Crippen molar-refractivity contribution in [1.82, 2.24) is 0 Å². The smallest absolute Gasteiger partial charge is 0.412 e. The molecule has 0 unspecified atom stereocenters. The van der Waals surface area contributed by atoms with Crippen LogP contribution in [0, 0.1) is 0 Å². The van der Waals surface area contributed by atoms with Crippen molar-refractivity contribution in [3.05, 3.63) is 24.3 Å². The van der Waals surface area contributed by atoms with Crippen LogP contribution in [0.5, 0.6) is 0 Å². The molecule has 0 radical (unpaired) electrons. The first-order chi connectivity index (χ1) is 10.9. The Morgan fingerprint density at radius 3 is 2.30 bits per heavy atom. The molecule has 1 aromatic carbocycles. The van der Waals surface area contributed by atoms with Gasteiger partial charge in [-0.15, -0.1) is 0 Å². The molecular weight excluding hydrogens is 288 g/mol. The normalized spacial score (nSPS) is 17.0. The van der Waals surface area contributed by atoms with Crippen molar-refractivity contribution < 1.29 is 9.53 Å². The van der Waals surface area contributed by atoms with Crippen LogP contribution in [0.2, 0.25) is 0 Å². The molecule has 4 nitrogen and oxygen atoms in total. The molecule has 0 spiro atoms. The van der Waals surface area contributed by atoms with Gasteiger partial charge in [0.1, 0.15) is 5.60 Å². The lowest BCUT2D eigenvalue weighted by atomic mass is 9.96. The van der Waals surface area contributed by atoms with Crippen molar-refractivity contribution >= 4 is 17.5 Å². The molecule has 0 atom stereocenters. The van der Waals surface area contributed by atoms with Crippen LogP contribution in [0.25, 0.3) is 0 Å². The van der Waals surface area contributed by atoms with Crippen molar-refractivity contribution in [3.63, 3.8) is 0 Å². The molecule has 1 aromatic rings. The first kappa shape index (κ1) is 17.6. The van der Waals surface area contributed by atoms with E-state index in [1.807, 2.05) is 39.0 Å². The second-order valence-corrected chi connectivity index (χ2v) is 7.39. The Bertz CT molecular complexity index is 500. The van der Waals surface area contributed by atoms with E-state index in [2.05, 4.69) is 16.7 Å². The van der Waals surface area contributed by atoms with Crippen molar-refractivity contribution in [2.24, 2.45) is 0 Å². The Morgan fingerprint density at radius 2 is 1.65 bits per heavy atom. The first-order valence-electron chi connectivity index (χ1n) is 8.79. The number of hydrogen-bond donors (Lipinski definition) is 2. The zero-order valence-corrected chi connectivity index (χ0v) is 14.7. The van der Waals surface area contributed by atoms with Crippen LogP contribution in [0.15, 0.2) is 24.3 Å². The summed E-state index contributed by atoms with van der Waals surface area (Å²) in [5, 5.41) is 6.42. The third-order valence-electron chi connectivity index (χ3n) is 3.98. The van der Waals surface area contributed by atoms with Gasteiger partial charge in [0, 0.05) is 17.4 Å². The average molecular weight is 318 g/mol. The largest absolute Gasteiger partial charge is 0.444 e. The van der Waals surface area contributed by atoms with Gasteiger partial charge < -0.3 is 10.1 Å². The highest BCUT2D eigenvalue weighted by molar-refractivity contribution is 5.85. The number of benzene rings is 1. The van der Waals surface area contributed by atoms with Crippen molar-refractivity contribution in [2.75, 3.05) is 10.6 Å². The third kappa shape index (κ3) is 6.93. The topological polar surface area (TPSA) is 50.4 Å². The van der Waals surface area contributed by atoms with E-state index >= 15 is 0 Å². The molecule has 23 heavy (non-hydrogen) atoms. The number of carbonyl (C=O) groups excluding carboxylic acids is 1. The molecule has 1 saturated carbocycles. The lowest BCUT2D eigenvalue weighted by molar-refractivity contribution is 0.0636. The summed E-state index contributed by atoms with van der Waals surface area (Å²) in [6.45, 7) is 5.58. The molecule has 0 aromatic heterocycles. The van der Waals surface area contributed by atoms with E-state index in [0.717, 1.165) is 11.4 Å². The highest BCUT2D eigenvalue weighted by Gasteiger charge is 2.16. The molecule has 1 fully saturated rings. The predicted molar refractivity (Wildman–Crippen MR) is 96.0 cm³/mol. The van der Waals surface area contributed by atoms with Gasteiger partial charge in [-0.25, -0.2) is 4.79 Å². The molecule has 0 saturated heterocycles. The SMILES string of the molecule is CC(C)(C)OC(=O)Nc1cccc(NC2CCCCCCC2)c1. The van der Waals surface area contributed by atoms with Crippen molar-refractivity contribution in [1.29, 1.82) is 0 Å². The maximum absolute atomic E-state index is 11.9. The van der Waals surface area contributed by atoms with Crippen molar-refractivity contribution in [3.8, 4) is 0 Å². The van der Waals surface area contributed by atoms with Gasteiger partial charge >= 0.3 is 6.09 Å². The van der Waals surface area contributed by atoms with Crippen LogP contribution in [-0.4, -0.2) is 17.7 Å². The second-order valence-electron chi connectivity index (χ2n) is 7.39. The fraction of sp³-hybridized carbons (Fsp3) is 0.632. The summed E-state index contributed by atoms with van der Waals surface area (Å²) in [5.74, 6) is 0. The summed E-state index contributed by atoms with van der Waals surface area (Å²) in [6, 6.07) is 8.40. The summed E-state index contributed by atoms with van der Waals surface area (Å²) in [5.41, 5.74) is 1.33. The molecule has 1 aliphatic carbocycles. The number of anilines is 2. The Labute approximate surface area is 140 Å². The van der Waals surface area contributed by atoms with Crippen LogP contribution < -0.4 is 10.6 Å². The predicted octanol–water partition coefficient (Wildman–Crippen LogP) is 5.56. The summed E-state index contributed by atoms with van der Waals surface area (Å²) < 4.78 is 5.29. The zero-order valence-electron chi connectivity index (χ0n) is 14.7. The number of hydrogen-bond acceptors (Lipinski definition) is 3. The number of amides is 1. The van der Waals surface area contributed by atoms with Crippen LogP contribution in [0.3, 0.4) is 0 Å². The summed E-state index contributed by atoms with van der Waals surface area (Å²) in [6.07, 6.45) is 8.70. The fourth-order valence-corrected chi connectivity index (χ4v) is 2.94. The van der Waals surface area contributed by atoms with Crippen LogP contribution in [0.1, 0.15) is 65.7 Å². The van der Waals surface area contributed by atoms with Gasteiger partial charge in [-0.2, -0.15) is 0 Å². The highest BCUT2D eigenvalue weighted by Crippen LogP contribution is 2.23. The molecule has 0 aliphatic heterocycles. The van der Waals surface area contributed by atoms with E-state index < -0.39 is 11.7 Å². The molecule has 128 valence electrons. The molecule has 1 amide bonds. The van der Waals surface area contributed by atoms with Gasteiger partial charge in [-0.1, -0.05) is 38.2 Å². The Kier molecular flexibility index (Phi) is 6.31. The molecule has 2 N–H and O–H groups in total. The maximum atomic E-state index is 11.9. The molecule has 2 rings (SSSR count). The quantitative estimate of drug-likeness (QED) is 0.767. The third-order valence-corrected chi connectivity index (χ3v) is 3.98. The Morgan fingerprint density at radius 1 is 1.04 bits per heavy atom. The molecular formula is C19H30N2O2. The number of rotatable bonds is 3. The van der Waals surface area contributed by atoms with Gasteiger partial charge in [0.05, 0.1) is 0 Å². The molecule has 1 aliphatic rings. The summed E-state index contributed by atoms with van der Waals surface area (Å²) in [7, 11) is 0. The minimum absolute atomic E-state index is 0.416. The molecule has 4 heteroatoms. The second kappa shape index (κ2) is 8.23. The van der Waals surface area contributed by atoms with Crippen LogP contribution in [-0.2, 0) is 4.74 Å². The zero-order chi connectivity index (χ0) is 16.7. The minimum atomic E-state index is -0.487. The maximum Gasteiger partial charge on any atom is 0.412 e. The monoisotopic (exact) mass is 318 g/mol. The lowest BCUT2D eigenvalue weighted by Gasteiger charge is -2.23. The first-order valence-corrected chi connectivity index (χ1v) is 8.79. The van der Waals surface area contributed by atoms with E-state index in [-0.39, 0.29) is 0 Å². The van der Waals surface area contributed by atoms with Gasteiger partial charge in [0.2, 0.25) is 0 Å². The lowest BCUT2D eigenvalue weighted by Crippen LogP contribution is -2.27. The van der Waals surface area contributed by atoms with Gasteiger partial charge in [-0.3, -0.25) is 5.32 Å². The van der Waals surface area contributed by atoms with Crippen LogP contribution in [0.4, 0.5) is 16.2 Å². The Hall–Kier alpha value is -1.71. The minimum Gasteiger partial charge on any atom is -0.444 e. The summed E-state index contributed by atoms with van der Waals surface area (Å²) >= 11 is 0. The van der Waals surface area contributed by atoms with Gasteiger partial charge in [0.15, 0.2) is 0 Å². The van der Waals surface area contributed by atoms with E-state index in [1.165, 1.54) is 44.9 Å². The van der Waals surface area contributed by atoms with Crippen LogP contribution >= 0.6 is 0 Å². The number of nitrogens with one attached hydrogen (secondary N) is 2. The van der Waals surface area contributed by atoms with E-state index in [4.69, 9.17) is 4.74 Å². The van der Waals surface area contributed by atoms with E-state index in [9.17, 15) is 4.79 Å². The fourth-order valence-electron chi connectivity index (χ4n) is 2.94. The van der Waals surface area contributed by atoms with Gasteiger partial charge in [-0.05, 0) is 51.8 Å². The number of ether oxygens (including phenoxy) is 1. The van der Waals surface area contributed by atoms with Crippen molar-refractivity contribution in [2.45, 2.75) is 77.4 Å². The summed E-state index contributed by atoms with van der Waals surface area (Å²) in [4.78, 5) is 11.9. The van der Waals surface area contributed by atoms with E-state index in [1.54, 1.807) is 0 Å². The highest BCUT2D eigenvalue weighted by atomic mass is 16.6. The molecule has 0 heterocycles. The Balaban J connectivity index is 1.92. The van der Waals surface area contributed by atoms with Gasteiger partial charge in [0.25, 0.3) is 0 Å². The standard InChI is InChI=1S/C19H30N2O2/c1-19(2,3)23-18(22)21-17-13-9-12-16(14-17)20-15-10-7-5-4-6-8-11-15/h9,12-15,20H,4-8,10-11H2,1-3H3,(H,21,22). The van der Waals surface area contributed by atoms with E-state index in [0.29, 0.717) is 6.04 Å².